The maximum absolute atomic E-state index is 5.83. The molecule has 0 aliphatic carbocycles. The summed E-state index contributed by atoms with van der Waals surface area (Å²) in [4.78, 5) is 2.57. The highest BCUT2D eigenvalue weighted by Gasteiger charge is 2.08. The molecule has 1 saturated heterocycles. The van der Waals surface area contributed by atoms with E-state index >= 15 is 0 Å². The molecule has 1 aliphatic heterocycles. The maximum atomic E-state index is 5.83. The molecule has 1 aromatic heterocycles. The van der Waals surface area contributed by atoms with E-state index in [9.17, 15) is 0 Å². The Labute approximate surface area is 137 Å². The van der Waals surface area contributed by atoms with E-state index in [-0.39, 0.29) is 0 Å². The number of hydrogen-bond acceptors (Lipinski definition) is 5. The fraction of sp³-hybridized carbons (Fsp3) is 0.556. The molecule has 0 spiro atoms. The minimum absolute atomic E-state index is 0.551. The molecule has 0 unspecified atom stereocenters. The number of rotatable bonds is 6. The summed E-state index contributed by atoms with van der Waals surface area (Å²) in [6.45, 7) is 6.18. The molecule has 5 nitrogen and oxygen atoms in total. The average Bonchev–Trinajstić information content (AvgIpc) is 2.84. The summed E-state index contributed by atoms with van der Waals surface area (Å²) in [5.74, 6) is 2.02. The van der Waals surface area contributed by atoms with Gasteiger partial charge in [-0.3, -0.25) is 0 Å². The van der Waals surface area contributed by atoms with Gasteiger partial charge in [-0.25, -0.2) is 0 Å². The van der Waals surface area contributed by atoms with E-state index in [1.807, 2.05) is 24.3 Å². The van der Waals surface area contributed by atoms with Crippen molar-refractivity contribution in [3.63, 3.8) is 0 Å². The molecule has 0 saturated carbocycles. The zero-order valence-corrected chi connectivity index (χ0v) is 13.8. The zero-order valence-electron chi connectivity index (χ0n) is 13.8. The first kappa shape index (κ1) is 16.0. The number of likely N-dealkylation sites (tertiary alicyclic amines) is 1. The summed E-state index contributed by atoms with van der Waals surface area (Å²) in [5, 5.41) is 7.86. The molecule has 2 heterocycles. The summed E-state index contributed by atoms with van der Waals surface area (Å²) in [7, 11) is 0. The quantitative estimate of drug-likeness (QED) is 0.761. The molecule has 0 N–H and O–H groups in total. The van der Waals surface area contributed by atoms with Crippen molar-refractivity contribution < 1.29 is 9.15 Å². The normalized spacial score (nSPS) is 16.2. The van der Waals surface area contributed by atoms with Gasteiger partial charge in [0.25, 0.3) is 0 Å². The van der Waals surface area contributed by atoms with E-state index in [0.717, 1.165) is 30.9 Å². The number of aryl methyl sites for hydroxylation is 1. The van der Waals surface area contributed by atoms with Gasteiger partial charge in [-0.15, -0.1) is 10.2 Å². The van der Waals surface area contributed by atoms with Crippen LogP contribution < -0.4 is 4.74 Å². The maximum Gasteiger partial charge on any atom is 0.247 e. The van der Waals surface area contributed by atoms with Gasteiger partial charge in [0.15, 0.2) is 0 Å². The van der Waals surface area contributed by atoms with E-state index < -0.39 is 0 Å². The molecular formula is C18H25N3O2. The van der Waals surface area contributed by atoms with Crippen LogP contribution in [0, 0.1) is 6.92 Å². The van der Waals surface area contributed by atoms with Gasteiger partial charge in [-0.2, -0.15) is 0 Å². The zero-order chi connectivity index (χ0) is 15.9. The Hall–Kier alpha value is -1.88. The number of ether oxygens (including phenoxy) is 1. The minimum atomic E-state index is 0.551. The van der Waals surface area contributed by atoms with Crippen molar-refractivity contribution in [1.82, 2.24) is 15.1 Å². The third kappa shape index (κ3) is 4.79. The van der Waals surface area contributed by atoms with Gasteiger partial charge >= 0.3 is 0 Å². The van der Waals surface area contributed by atoms with Crippen LogP contribution >= 0.6 is 0 Å². The number of hydrogen-bond donors (Lipinski definition) is 0. The molecule has 3 rings (SSSR count). The lowest BCUT2D eigenvalue weighted by atomic mass is 10.2. The Morgan fingerprint density at radius 2 is 1.78 bits per heavy atom. The highest BCUT2D eigenvalue weighted by atomic mass is 16.5. The molecule has 2 aromatic rings. The first-order chi connectivity index (χ1) is 11.3. The molecule has 5 heteroatoms. The molecule has 0 radical (unpaired) electrons. The third-order valence-corrected chi connectivity index (χ3v) is 4.21. The molecule has 1 aromatic carbocycles. The van der Waals surface area contributed by atoms with Gasteiger partial charge < -0.3 is 14.1 Å². The lowest BCUT2D eigenvalue weighted by Gasteiger charge is -2.19. The molecule has 0 amide bonds. The van der Waals surface area contributed by atoms with Crippen molar-refractivity contribution in [2.75, 3.05) is 26.2 Å². The molecule has 1 fully saturated rings. The number of benzene rings is 1. The monoisotopic (exact) mass is 315 g/mol. The smallest absolute Gasteiger partial charge is 0.247 e. The summed E-state index contributed by atoms with van der Waals surface area (Å²) >= 11 is 0. The van der Waals surface area contributed by atoms with Crippen LogP contribution in [-0.2, 0) is 0 Å². The van der Waals surface area contributed by atoms with Crippen molar-refractivity contribution in [3.05, 3.63) is 30.2 Å². The Morgan fingerprint density at radius 1 is 1.04 bits per heavy atom. The van der Waals surface area contributed by atoms with Gasteiger partial charge in [0.1, 0.15) is 5.75 Å². The van der Waals surface area contributed by atoms with Crippen LogP contribution in [0.15, 0.2) is 28.7 Å². The summed E-state index contributed by atoms with van der Waals surface area (Å²) in [6, 6.07) is 7.83. The number of aromatic nitrogens is 2. The lowest BCUT2D eigenvalue weighted by Crippen LogP contribution is -2.26. The molecule has 0 bridgehead atoms. The van der Waals surface area contributed by atoms with Gasteiger partial charge in [-0.1, -0.05) is 12.8 Å². The van der Waals surface area contributed by atoms with E-state index in [1.165, 1.54) is 38.8 Å². The first-order valence-corrected chi connectivity index (χ1v) is 8.57. The van der Waals surface area contributed by atoms with Crippen molar-refractivity contribution in [3.8, 4) is 17.2 Å². The van der Waals surface area contributed by atoms with E-state index in [1.54, 1.807) is 6.92 Å². The Bertz CT molecular complexity index is 587. The molecule has 124 valence electrons. The Morgan fingerprint density at radius 3 is 2.43 bits per heavy atom. The Kier molecular flexibility index (Phi) is 5.64. The van der Waals surface area contributed by atoms with Crippen molar-refractivity contribution in [1.29, 1.82) is 0 Å². The summed E-state index contributed by atoms with van der Waals surface area (Å²) < 4.78 is 11.2. The summed E-state index contributed by atoms with van der Waals surface area (Å²) in [6.07, 6.45) is 6.54. The predicted octanol–water partition coefficient (Wildman–Crippen LogP) is 3.69. The van der Waals surface area contributed by atoms with Crippen LogP contribution in [0.1, 0.15) is 38.0 Å². The second-order valence-corrected chi connectivity index (χ2v) is 6.11. The van der Waals surface area contributed by atoms with Gasteiger partial charge in [-0.05, 0) is 56.6 Å². The highest BCUT2D eigenvalue weighted by molar-refractivity contribution is 5.53. The second kappa shape index (κ2) is 8.11. The van der Waals surface area contributed by atoms with Crippen LogP contribution in [0.5, 0.6) is 5.75 Å². The molecule has 23 heavy (non-hydrogen) atoms. The average molecular weight is 315 g/mol. The van der Waals surface area contributed by atoms with Crippen LogP contribution in [-0.4, -0.2) is 41.3 Å². The number of nitrogens with zero attached hydrogens (tertiary/aromatic N) is 3. The SMILES string of the molecule is Cc1nnc(-c2ccc(OCCCN3CCCCCC3)cc2)o1. The van der Waals surface area contributed by atoms with Gasteiger partial charge in [0.2, 0.25) is 11.8 Å². The van der Waals surface area contributed by atoms with Crippen LogP contribution in [0.4, 0.5) is 0 Å². The standard InChI is InChI=1S/C18H25N3O2/c1-15-19-20-18(23-15)16-7-9-17(10-8-16)22-14-6-13-21-11-4-2-3-5-12-21/h7-10H,2-6,11-14H2,1H3. The van der Waals surface area contributed by atoms with Crippen molar-refractivity contribution >= 4 is 0 Å². The minimum Gasteiger partial charge on any atom is -0.494 e. The predicted molar refractivity (Wildman–Crippen MR) is 89.5 cm³/mol. The topological polar surface area (TPSA) is 51.4 Å². The van der Waals surface area contributed by atoms with Gasteiger partial charge in [0, 0.05) is 19.0 Å². The van der Waals surface area contributed by atoms with E-state index in [4.69, 9.17) is 9.15 Å². The Balaban J connectivity index is 1.42. The van der Waals surface area contributed by atoms with E-state index in [0.29, 0.717) is 11.8 Å². The van der Waals surface area contributed by atoms with Crippen LogP contribution in [0.3, 0.4) is 0 Å². The summed E-state index contributed by atoms with van der Waals surface area (Å²) in [5.41, 5.74) is 0.919. The lowest BCUT2D eigenvalue weighted by molar-refractivity contribution is 0.240. The van der Waals surface area contributed by atoms with Crippen molar-refractivity contribution in [2.24, 2.45) is 0 Å². The van der Waals surface area contributed by atoms with Crippen molar-refractivity contribution in [2.45, 2.75) is 39.0 Å². The highest BCUT2D eigenvalue weighted by Crippen LogP contribution is 2.21. The third-order valence-electron chi connectivity index (χ3n) is 4.21. The molecular weight excluding hydrogens is 290 g/mol. The molecule has 1 aliphatic rings. The fourth-order valence-electron chi connectivity index (χ4n) is 2.94. The largest absolute Gasteiger partial charge is 0.494 e. The van der Waals surface area contributed by atoms with Crippen LogP contribution in [0.2, 0.25) is 0 Å². The van der Waals surface area contributed by atoms with Crippen LogP contribution in [0.25, 0.3) is 11.5 Å². The van der Waals surface area contributed by atoms with E-state index in [2.05, 4.69) is 15.1 Å². The first-order valence-electron chi connectivity index (χ1n) is 8.57. The molecule has 0 atom stereocenters. The second-order valence-electron chi connectivity index (χ2n) is 6.11. The fourth-order valence-corrected chi connectivity index (χ4v) is 2.94. The van der Waals surface area contributed by atoms with Gasteiger partial charge in [0.05, 0.1) is 6.61 Å².